The minimum absolute atomic E-state index is 0.0826. The van der Waals surface area contributed by atoms with Gasteiger partial charge in [-0.2, -0.15) is 0 Å². The van der Waals surface area contributed by atoms with Crippen molar-refractivity contribution in [3.63, 3.8) is 0 Å². The number of benzene rings is 3. The molecular formula is C24H22ClNO. The Hall–Kier alpha value is -2.58. The van der Waals surface area contributed by atoms with Gasteiger partial charge in [-0.15, -0.1) is 0 Å². The average Bonchev–Trinajstić information content (AvgIpc) is 3.50. The monoisotopic (exact) mass is 375 g/mol. The summed E-state index contributed by atoms with van der Waals surface area (Å²) in [7, 11) is 0. The highest BCUT2D eigenvalue weighted by Crippen LogP contribution is 2.49. The zero-order valence-electron chi connectivity index (χ0n) is 15.3. The molecule has 1 atom stereocenters. The lowest BCUT2D eigenvalue weighted by Gasteiger charge is -2.24. The van der Waals surface area contributed by atoms with Gasteiger partial charge in [0.1, 0.15) is 0 Å². The quantitative estimate of drug-likeness (QED) is 0.619. The Kier molecular flexibility index (Phi) is 4.75. The molecule has 0 aliphatic heterocycles. The van der Waals surface area contributed by atoms with E-state index in [0.717, 1.165) is 29.5 Å². The Morgan fingerprint density at radius 2 is 1.48 bits per heavy atom. The first-order valence-electron chi connectivity index (χ1n) is 9.27. The first-order valence-corrected chi connectivity index (χ1v) is 9.65. The highest BCUT2D eigenvalue weighted by Gasteiger charge is 2.51. The molecule has 4 rings (SSSR count). The van der Waals surface area contributed by atoms with E-state index >= 15 is 0 Å². The third-order valence-corrected chi connectivity index (χ3v) is 5.65. The zero-order valence-corrected chi connectivity index (χ0v) is 16.0. The van der Waals surface area contributed by atoms with Crippen LogP contribution in [0.25, 0.3) is 0 Å². The Labute approximate surface area is 165 Å². The molecule has 3 aromatic rings. The predicted octanol–water partition coefficient (Wildman–Crippen LogP) is 5.59. The molecule has 136 valence electrons. The lowest BCUT2D eigenvalue weighted by molar-refractivity contribution is -0.124. The molecule has 3 heteroatoms. The van der Waals surface area contributed by atoms with E-state index in [1.165, 1.54) is 5.56 Å². The first-order chi connectivity index (χ1) is 13.1. The SMILES string of the molecule is Cc1ccc(C(NC(=O)C2(c3ccc(Cl)cc3)CC2)c2ccccc2)cc1. The topological polar surface area (TPSA) is 29.1 Å². The molecular weight excluding hydrogens is 354 g/mol. The van der Waals surface area contributed by atoms with E-state index in [-0.39, 0.29) is 11.9 Å². The van der Waals surface area contributed by atoms with Crippen LogP contribution in [0.5, 0.6) is 0 Å². The van der Waals surface area contributed by atoms with Crippen molar-refractivity contribution in [2.45, 2.75) is 31.2 Å². The van der Waals surface area contributed by atoms with Gasteiger partial charge in [0.05, 0.1) is 11.5 Å². The molecule has 0 bridgehead atoms. The van der Waals surface area contributed by atoms with Crippen LogP contribution in [0.1, 0.15) is 41.1 Å². The van der Waals surface area contributed by atoms with E-state index in [9.17, 15) is 4.79 Å². The molecule has 0 aromatic heterocycles. The van der Waals surface area contributed by atoms with Crippen LogP contribution < -0.4 is 5.32 Å². The van der Waals surface area contributed by atoms with Crippen LogP contribution in [-0.2, 0) is 10.2 Å². The highest BCUT2D eigenvalue weighted by atomic mass is 35.5. The minimum atomic E-state index is -0.428. The number of carbonyl (C=O) groups is 1. The highest BCUT2D eigenvalue weighted by molar-refractivity contribution is 6.30. The standard InChI is InChI=1S/C24H22ClNO/c1-17-7-9-19(10-8-17)22(18-5-3-2-4-6-18)26-23(27)24(15-16-24)20-11-13-21(25)14-12-20/h2-14,22H,15-16H2,1H3,(H,26,27). The normalized spacial score (nSPS) is 15.8. The van der Waals surface area contributed by atoms with Crippen molar-refractivity contribution in [1.82, 2.24) is 5.32 Å². The Morgan fingerprint density at radius 1 is 0.889 bits per heavy atom. The van der Waals surface area contributed by atoms with Gasteiger partial charge >= 0.3 is 0 Å². The van der Waals surface area contributed by atoms with Gasteiger partial charge in [0, 0.05) is 5.02 Å². The van der Waals surface area contributed by atoms with Gasteiger partial charge in [-0.05, 0) is 48.6 Å². The maximum absolute atomic E-state index is 13.3. The van der Waals surface area contributed by atoms with E-state index in [0.29, 0.717) is 5.02 Å². The average molecular weight is 376 g/mol. The van der Waals surface area contributed by atoms with Crippen LogP contribution in [-0.4, -0.2) is 5.91 Å². The smallest absolute Gasteiger partial charge is 0.231 e. The summed E-state index contributed by atoms with van der Waals surface area (Å²) in [5.74, 6) is 0.0826. The molecule has 2 nitrogen and oxygen atoms in total. The number of halogens is 1. The molecule has 1 N–H and O–H groups in total. The van der Waals surface area contributed by atoms with Gasteiger partial charge in [-0.3, -0.25) is 4.79 Å². The van der Waals surface area contributed by atoms with Crippen LogP contribution in [0.2, 0.25) is 5.02 Å². The molecule has 1 amide bonds. The van der Waals surface area contributed by atoms with Crippen molar-refractivity contribution in [1.29, 1.82) is 0 Å². The Bertz CT molecular complexity index is 928. The van der Waals surface area contributed by atoms with Gasteiger partial charge < -0.3 is 5.32 Å². The molecule has 1 aliphatic carbocycles. The lowest BCUT2D eigenvalue weighted by atomic mass is 9.92. The Morgan fingerprint density at radius 3 is 2.07 bits per heavy atom. The number of aryl methyl sites for hydroxylation is 1. The number of rotatable bonds is 5. The van der Waals surface area contributed by atoms with Crippen molar-refractivity contribution >= 4 is 17.5 Å². The number of hydrogen-bond acceptors (Lipinski definition) is 1. The fourth-order valence-corrected chi connectivity index (χ4v) is 3.70. The molecule has 0 spiro atoms. The van der Waals surface area contributed by atoms with E-state index < -0.39 is 5.41 Å². The van der Waals surface area contributed by atoms with E-state index in [1.54, 1.807) is 0 Å². The molecule has 0 saturated heterocycles. The maximum Gasteiger partial charge on any atom is 0.231 e. The second-order valence-electron chi connectivity index (χ2n) is 7.32. The number of nitrogens with one attached hydrogen (secondary N) is 1. The van der Waals surface area contributed by atoms with Crippen LogP contribution in [0.15, 0.2) is 78.9 Å². The first kappa shape index (κ1) is 17.8. The van der Waals surface area contributed by atoms with Gasteiger partial charge in [-0.25, -0.2) is 0 Å². The molecule has 1 fully saturated rings. The van der Waals surface area contributed by atoms with Crippen molar-refractivity contribution in [2.24, 2.45) is 0 Å². The van der Waals surface area contributed by atoms with Crippen LogP contribution in [0.4, 0.5) is 0 Å². The van der Waals surface area contributed by atoms with Gasteiger partial charge in [0.2, 0.25) is 5.91 Å². The number of amides is 1. The summed E-state index contributed by atoms with van der Waals surface area (Å²) in [4.78, 5) is 13.3. The molecule has 1 aliphatic rings. The molecule has 27 heavy (non-hydrogen) atoms. The zero-order chi connectivity index (χ0) is 18.9. The largest absolute Gasteiger partial charge is 0.344 e. The van der Waals surface area contributed by atoms with Crippen molar-refractivity contribution < 1.29 is 4.79 Å². The van der Waals surface area contributed by atoms with Crippen molar-refractivity contribution in [3.8, 4) is 0 Å². The van der Waals surface area contributed by atoms with Crippen molar-refractivity contribution in [2.75, 3.05) is 0 Å². The maximum atomic E-state index is 13.3. The predicted molar refractivity (Wildman–Crippen MR) is 110 cm³/mol. The minimum Gasteiger partial charge on any atom is -0.344 e. The summed E-state index contributed by atoms with van der Waals surface area (Å²) in [6.45, 7) is 2.07. The summed E-state index contributed by atoms with van der Waals surface area (Å²) >= 11 is 6.02. The molecule has 0 radical (unpaired) electrons. The van der Waals surface area contributed by atoms with E-state index in [2.05, 4.69) is 48.6 Å². The van der Waals surface area contributed by atoms with Crippen LogP contribution in [0, 0.1) is 6.92 Å². The molecule has 1 saturated carbocycles. The number of hydrogen-bond donors (Lipinski definition) is 1. The van der Waals surface area contributed by atoms with Gasteiger partial charge in [0.25, 0.3) is 0 Å². The van der Waals surface area contributed by atoms with Crippen LogP contribution >= 0.6 is 11.6 Å². The van der Waals surface area contributed by atoms with Crippen LogP contribution in [0.3, 0.4) is 0 Å². The molecule has 0 heterocycles. The fraction of sp³-hybridized carbons (Fsp3) is 0.208. The summed E-state index contributed by atoms with van der Waals surface area (Å²) in [5, 5.41) is 4.00. The van der Waals surface area contributed by atoms with Crippen molar-refractivity contribution in [3.05, 3.63) is 106 Å². The lowest BCUT2D eigenvalue weighted by Crippen LogP contribution is -2.37. The summed E-state index contributed by atoms with van der Waals surface area (Å²) in [6.07, 6.45) is 1.74. The summed E-state index contributed by atoms with van der Waals surface area (Å²) in [5.41, 5.74) is 3.99. The number of carbonyl (C=O) groups excluding carboxylic acids is 1. The molecule has 3 aromatic carbocycles. The van der Waals surface area contributed by atoms with Gasteiger partial charge in [-0.1, -0.05) is 83.9 Å². The third-order valence-electron chi connectivity index (χ3n) is 5.40. The van der Waals surface area contributed by atoms with Gasteiger partial charge in [0.15, 0.2) is 0 Å². The summed E-state index contributed by atoms with van der Waals surface area (Å²) in [6, 6.07) is 26.0. The molecule has 1 unspecified atom stereocenters. The second-order valence-corrected chi connectivity index (χ2v) is 7.75. The summed E-state index contributed by atoms with van der Waals surface area (Å²) < 4.78 is 0. The third kappa shape index (κ3) is 3.63. The second kappa shape index (κ2) is 7.21. The fourth-order valence-electron chi connectivity index (χ4n) is 3.57. The Balaban J connectivity index is 1.64. The van der Waals surface area contributed by atoms with E-state index in [1.807, 2.05) is 42.5 Å². The van der Waals surface area contributed by atoms with E-state index in [4.69, 9.17) is 11.6 Å².